The van der Waals surface area contributed by atoms with Crippen molar-refractivity contribution >= 4 is 11.3 Å². The molecule has 0 radical (unpaired) electrons. The van der Waals surface area contributed by atoms with Crippen molar-refractivity contribution in [3.05, 3.63) is 52.5 Å². The van der Waals surface area contributed by atoms with E-state index in [4.69, 9.17) is 4.74 Å². The molecular weight excluding hydrogens is 385 g/mol. The fraction of sp³-hybridized carbons (Fsp3) is 0.522. The largest absolute Gasteiger partial charge is 0.492 e. The van der Waals surface area contributed by atoms with Crippen LogP contribution in [0.5, 0.6) is 5.75 Å². The summed E-state index contributed by atoms with van der Waals surface area (Å²) in [6.45, 7) is 8.80. The lowest BCUT2D eigenvalue weighted by atomic mass is 9.89. The molecule has 3 rings (SSSR count). The molecule has 1 aromatic heterocycles. The van der Waals surface area contributed by atoms with Gasteiger partial charge in [-0.1, -0.05) is 13.0 Å². The first-order chi connectivity index (χ1) is 14.1. The number of piperazine rings is 1. The van der Waals surface area contributed by atoms with Gasteiger partial charge in [0.25, 0.3) is 0 Å². The fourth-order valence-electron chi connectivity index (χ4n) is 3.75. The predicted molar refractivity (Wildman–Crippen MR) is 116 cm³/mol. The second-order valence-electron chi connectivity index (χ2n) is 7.77. The first-order valence-corrected chi connectivity index (χ1v) is 11.3. The van der Waals surface area contributed by atoms with Gasteiger partial charge in [0.15, 0.2) is 0 Å². The smallest absolute Gasteiger partial charge is 0.123 e. The molecule has 1 aliphatic heterocycles. The molecule has 1 saturated heterocycles. The Labute approximate surface area is 177 Å². The fourth-order valence-corrected chi connectivity index (χ4v) is 4.59. The lowest BCUT2D eigenvalue weighted by Crippen LogP contribution is -2.47. The van der Waals surface area contributed by atoms with Crippen LogP contribution in [-0.4, -0.2) is 55.7 Å². The van der Waals surface area contributed by atoms with Crippen molar-refractivity contribution < 1.29 is 9.13 Å². The maximum atomic E-state index is 12.9. The van der Waals surface area contributed by atoms with Gasteiger partial charge in [-0.25, -0.2) is 4.39 Å². The Balaban J connectivity index is 1.31. The number of hydrogen-bond acceptors (Lipinski definition) is 5. The topological polar surface area (TPSA) is 39.5 Å². The summed E-state index contributed by atoms with van der Waals surface area (Å²) >= 11 is 1.78. The summed E-state index contributed by atoms with van der Waals surface area (Å²) in [5, 5.41) is 11.7. The first kappa shape index (κ1) is 21.8. The van der Waals surface area contributed by atoms with Crippen LogP contribution in [-0.2, 0) is 6.42 Å². The van der Waals surface area contributed by atoms with Gasteiger partial charge in [0.1, 0.15) is 18.2 Å². The monoisotopic (exact) mass is 415 g/mol. The van der Waals surface area contributed by atoms with E-state index in [2.05, 4.69) is 40.3 Å². The highest BCUT2D eigenvalue weighted by atomic mass is 32.1. The number of hydrogen-bond donors (Lipinski definition) is 0. The third-order valence-electron chi connectivity index (χ3n) is 5.67. The van der Waals surface area contributed by atoms with Crippen molar-refractivity contribution in [2.45, 2.75) is 19.8 Å². The quantitative estimate of drug-likeness (QED) is 0.580. The Morgan fingerprint density at radius 2 is 1.79 bits per heavy atom. The molecule has 4 nitrogen and oxygen atoms in total. The summed E-state index contributed by atoms with van der Waals surface area (Å²) < 4.78 is 18.6. The molecule has 1 aliphatic rings. The number of rotatable bonds is 10. The zero-order valence-corrected chi connectivity index (χ0v) is 17.9. The van der Waals surface area contributed by atoms with Crippen molar-refractivity contribution in [1.82, 2.24) is 9.80 Å². The molecule has 0 saturated carbocycles. The van der Waals surface area contributed by atoms with Crippen LogP contribution in [0.3, 0.4) is 0 Å². The third-order valence-corrected chi connectivity index (χ3v) is 6.57. The first-order valence-electron chi connectivity index (χ1n) is 10.4. The SMILES string of the molecule is CC(Cc1cccs1)C(C#N)CCN1CCN(CCOc2ccc(F)cc2)CC1. The van der Waals surface area contributed by atoms with Gasteiger partial charge < -0.3 is 9.64 Å². The molecule has 0 N–H and O–H groups in total. The maximum absolute atomic E-state index is 12.9. The molecule has 2 heterocycles. The minimum absolute atomic E-state index is 0.110. The molecule has 1 aromatic carbocycles. The minimum atomic E-state index is -0.243. The van der Waals surface area contributed by atoms with Gasteiger partial charge >= 0.3 is 0 Å². The molecule has 29 heavy (non-hydrogen) atoms. The number of nitrogens with zero attached hydrogens (tertiary/aromatic N) is 3. The molecule has 6 heteroatoms. The number of ether oxygens (including phenoxy) is 1. The molecule has 2 aromatic rings. The van der Waals surface area contributed by atoms with Crippen LogP contribution >= 0.6 is 11.3 Å². The Morgan fingerprint density at radius 3 is 2.41 bits per heavy atom. The normalized spacial score (nSPS) is 17.6. The van der Waals surface area contributed by atoms with E-state index in [1.54, 1.807) is 23.5 Å². The van der Waals surface area contributed by atoms with Gasteiger partial charge in [0, 0.05) is 37.6 Å². The lowest BCUT2D eigenvalue weighted by molar-refractivity contribution is 0.112. The molecule has 0 aliphatic carbocycles. The highest BCUT2D eigenvalue weighted by Gasteiger charge is 2.21. The summed E-state index contributed by atoms with van der Waals surface area (Å²) in [4.78, 5) is 6.25. The Kier molecular flexibility index (Phi) is 8.48. The molecule has 2 unspecified atom stereocenters. The summed E-state index contributed by atoms with van der Waals surface area (Å²) in [6, 6.07) is 13.0. The van der Waals surface area contributed by atoms with Crippen LogP contribution in [0.15, 0.2) is 41.8 Å². The number of nitriles is 1. The van der Waals surface area contributed by atoms with E-state index in [0.717, 1.165) is 52.1 Å². The van der Waals surface area contributed by atoms with Crippen LogP contribution < -0.4 is 4.74 Å². The summed E-state index contributed by atoms with van der Waals surface area (Å²) in [5.74, 6) is 0.972. The highest BCUT2D eigenvalue weighted by Crippen LogP contribution is 2.23. The van der Waals surface area contributed by atoms with Gasteiger partial charge in [-0.05, 0) is 61.0 Å². The minimum Gasteiger partial charge on any atom is -0.492 e. The summed E-state index contributed by atoms with van der Waals surface area (Å²) in [7, 11) is 0. The van der Waals surface area contributed by atoms with Gasteiger partial charge in [-0.2, -0.15) is 5.26 Å². The van der Waals surface area contributed by atoms with Crippen LogP contribution in [0.25, 0.3) is 0 Å². The summed E-state index contributed by atoms with van der Waals surface area (Å²) in [5.41, 5.74) is 0. The van der Waals surface area contributed by atoms with E-state index in [9.17, 15) is 9.65 Å². The molecule has 0 spiro atoms. The van der Waals surface area contributed by atoms with E-state index in [1.165, 1.54) is 17.0 Å². The van der Waals surface area contributed by atoms with Crippen molar-refractivity contribution in [3.8, 4) is 11.8 Å². The van der Waals surface area contributed by atoms with Gasteiger partial charge in [0.2, 0.25) is 0 Å². The van der Waals surface area contributed by atoms with E-state index in [0.29, 0.717) is 18.3 Å². The Hall–Kier alpha value is -1.94. The maximum Gasteiger partial charge on any atom is 0.123 e. The summed E-state index contributed by atoms with van der Waals surface area (Å²) in [6.07, 6.45) is 1.94. The van der Waals surface area contributed by atoms with Crippen LogP contribution in [0.1, 0.15) is 18.2 Å². The molecular formula is C23H30FN3OS. The van der Waals surface area contributed by atoms with Crippen LogP contribution in [0.2, 0.25) is 0 Å². The zero-order valence-electron chi connectivity index (χ0n) is 17.1. The van der Waals surface area contributed by atoms with Crippen molar-refractivity contribution in [3.63, 3.8) is 0 Å². The molecule has 2 atom stereocenters. The molecule has 156 valence electrons. The average Bonchev–Trinajstić information content (AvgIpc) is 3.24. The van der Waals surface area contributed by atoms with Gasteiger partial charge in [-0.3, -0.25) is 4.90 Å². The standard InChI is InChI=1S/C23H30FN3OS/c1-19(17-23-3-2-16-29-23)20(18-25)8-9-26-10-12-27(13-11-26)14-15-28-22-6-4-21(24)5-7-22/h2-7,16,19-20H,8-15,17H2,1H3. The van der Waals surface area contributed by atoms with E-state index < -0.39 is 0 Å². The van der Waals surface area contributed by atoms with Crippen molar-refractivity contribution in [2.24, 2.45) is 11.8 Å². The van der Waals surface area contributed by atoms with E-state index >= 15 is 0 Å². The Bertz CT molecular complexity index is 751. The number of thiophene rings is 1. The molecule has 0 amide bonds. The highest BCUT2D eigenvalue weighted by molar-refractivity contribution is 7.09. The van der Waals surface area contributed by atoms with Crippen LogP contribution in [0.4, 0.5) is 4.39 Å². The van der Waals surface area contributed by atoms with Crippen molar-refractivity contribution in [1.29, 1.82) is 5.26 Å². The Morgan fingerprint density at radius 1 is 1.10 bits per heavy atom. The number of halogens is 1. The molecule has 1 fully saturated rings. The zero-order chi connectivity index (χ0) is 20.5. The van der Waals surface area contributed by atoms with Crippen LogP contribution in [0, 0.1) is 29.0 Å². The van der Waals surface area contributed by atoms with E-state index in [1.807, 2.05) is 0 Å². The molecule has 0 bridgehead atoms. The lowest BCUT2D eigenvalue weighted by Gasteiger charge is -2.35. The number of benzene rings is 1. The third kappa shape index (κ3) is 7.11. The van der Waals surface area contributed by atoms with Gasteiger partial charge in [0.05, 0.1) is 12.0 Å². The van der Waals surface area contributed by atoms with Gasteiger partial charge in [-0.15, -0.1) is 11.3 Å². The predicted octanol–water partition coefficient (Wildman–Crippen LogP) is 4.29. The second kappa shape index (κ2) is 11.3. The van der Waals surface area contributed by atoms with Crippen molar-refractivity contribution in [2.75, 3.05) is 45.9 Å². The van der Waals surface area contributed by atoms with E-state index in [-0.39, 0.29) is 11.7 Å². The second-order valence-corrected chi connectivity index (χ2v) is 8.80. The average molecular weight is 416 g/mol.